The van der Waals surface area contributed by atoms with Crippen molar-refractivity contribution in [1.29, 1.82) is 5.26 Å². The van der Waals surface area contributed by atoms with Crippen molar-refractivity contribution in [2.45, 2.75) is 11.8 Å². The Labute approximate surface area is 166 Å². The van der Waals surface area contributed by atoms with Gasteiger partial charge in [-0.1, -0.05) is 24.3 Å². The Kier molecular flexibility index (Phi) is 6.24. The smallest absolute Gasteiger partial charge is 0.308 e. The lowest BCUT2D eigenvalue weighted by Crippen LogP contribution is -2.19. The van der Waals surface area contributed by atoms with Crippen LogP contribution in [0.4, 0.5) is 16.2 Å². The number of hydrogen-bond donors (Lipinski definition) is 2. The molecule has 2 aromatic carbocycles. The largest absolute Gasteiger partial charge is 0.323 e. The Morgan fingerprint density at radius 2 is 2.07 bits per heavy atom. The first-order valence-electron chi connectivity index (χ1n) is 8.59. The van der Waals surface area contributed by atoms with Gasteiger partial charge in [0.05, 0.1) is 17.7 Å². The Bertz CT molecular complexity index is 1010. The normalized spacial score (nSPS) is 11.5. The van der Waals surface area contributed by atoms with E-state index in [1.54, 1.807) is 35.6 Å². The van der Waals surface area contributed by atoms with Crippen molar-refractivity contribution in [3.05, 3.63) is 48.5 Å². The molecule has 1 heterocycles. The monoisotopic (exact) mass is 393 g/mol. The van der Waals surface area contributed by atoms with Crippen molar-refractivity contribution in [3.8, 4) is 17.5 Å². The van der Waals surface area contributed by atoms with Crippen molar-refractivity contribution >= 4 is 29.2 Å². The van der Waals surface area contributed by atoms with E-state index in [-0.39, 0.29) is 11.9 Å². The number of urea groups is 1. The van der Waals surface area contributed by atoms with Gasteiger partial charge in [0.25, 0.3) is 0 Å². The average molecular weight is 393 g/mol. The van der Waals surface area contributed by atoms with Crippen molar-refractivity contribution in [3.63, 3.8) is 0 Å². The molecule has 28 heavy (non-hydrogen) atoms. The molecule has 2 amide bonds. The summed E-state index contributed by atoms with van der Waals surface area (Å²) in [5.41, 5.74) is 2.12. The number of carbonyl (C=O) groups excluding carboxylic acids is 1. The Morgan fingerprint density at radius 1 is 1.25 bits per heavy atom. The highest BCUT2D eigenvalue weighted by Gasteiger charge is 2.11. The van der Waals surface area contributed by atoms with Gasteiger partial charge in [-0.15, -0.1) is 16.9 Å². The topological polar surface area (TPSA) is 109 Å². The van der Waals surface area contributed by atoms with E-state index in [2.05, 4.69) is 32.2 Å². The summed E-state index contributed by atoms with van der Waals surface area (Å²) in [4.78, 5) is 13.4. The first-order chi connectivity index (χ1) is 13.6. The van der Waals surface area contributed by atoms with Crippen molar-refractivity contribution in [2.24, 2.45) is 13.0 Å². The second-order valence-corrected chi connectivity index (χ2v) is 7.19. The third kappa shape index (κ3) is 4.86. The zero-order chi connectivity index (χ0) is 19.9. The molecule has 0 aliphatic rings. The number of para-hydroxylation sites is 1. The molecule has 0 aliphatic carbocycles. The minimum Gasteiger partial charge on any atom is -0.308 e. The van der Waals surface area contributed by atoms with E-state index in [0.717, 1.165) is 10.5 Å². The predicted molar refractivity (Wildman–Crippen MR) is 109 cm³/mol. The van der Waals surface area contributed by atoms with Crippen LogP contribution in [0.2, 0.25) is 0 Å². The molecule has 1 aromatic heterocycles. The summed E-state index contributed by atoms with van der Waals surface area (Å²) in [6, 6.07) is 16.7. The van der Waals surface area contributed by atoms with Crippen molar-refractivity contribution in [1.82, 2.24) is 20.2 Å². The molecule has 9 heteroatoms. The number of rotatable bonds is 6. The van der Waals surface area contributed by atoms with Gasteiger partial charge >= 0.3 is 6.03 Å². The fraction of sp³-hybridized carbons (Fsp3) is 0.211. The summed E-state index contributed by atoms with van der Waals surface area (Å²) in [5.74, 6) is 1.20. The molecule has 0 saturated heterocycles. The molecule has 2 N–H and O–H groups in total. The van der Waals surface area contributed by atoms with Crippen molar-refractivity contribution in [2.75, 3.05) is 16.4 Å². The molecular formula is C19H19N7OS. The quantitative estimate of drug-likeness (QED) is 0.617. The summed E-state index contributed by atoms with van der Waals surface area (Å²) in [6.07, 6.45) is 0. The number of amides is 2. The molecule has 3 rings (SSSR count). The molecule has 0 aliphatic heterocycles. The van der Waals surface area contributed by atoms with Crippen molar-refractivity contribution < 1.29 is 4.79 Å². The van der Waals surface area contributed by atoms with Crippen LogP contribution in [0.1, 0.15) is 6.92 Å². The molecule has 8 nitrogen and oxygen atoms in total. The average Bonchev–Trinajstić information content (AvgIpc) is 3.13. The highest BCUT2D eigenvalue weighted by Crippen LogP contribution is 2.28. The van der Waals surface area contributed by atoms with Gasteiger partial charge in [-0.3, -0.25) is 0 Å². The highest BCUT2D eigenvalue weighted by molar-refractivity contribution is 7.99. The number of carbonyl (C=O) groups is 1. The maximum atomic E-state index is 12.5. The number of nitrogens with zero attached hydrogens (tertiary/aromatic N) is 5. The Hall–Kier alpha value is -3.38. The number of thioether (sulfide) groups is 1. The molecule has 3 aromatic rings. The summed E-state index contributed by atoms with van der Waals surface area (Å²) in [5, 5.41) is 26.1. The third-order valence-electron chi connectivity index (χ3n) is 3.84. The zero-order valence-corrected chi connectivity index (χ0v) is 16.3. The summed E-state index contributed by atoms with van der Waals surface area (Å²) in [6.45, 7) is 1.87. The lowest BCUT2D eigenvalue weighted by Gasteiger charge is -2.12. The standard InChI is InChI=1S/C19H19N7OS/c1-13(11-20)12-28-17-9-4-3-8-16(17)22-19(27)21-15-7-5-6-14(10-15)18-23-24-25-26(18)2/h3-10,13H,12H2,1-2H3,(H2,21,22,27). The minimum atomic E-state index is -0.352. The number of anilines is 2. The van der Waals surface area contributed by atoms with Crippen LogP contribution in [-0.4, -0.2) is 32.0 Å². The van der Waals surface area contributed by atoms with Crippen LogP contribution in [0.5, 0.6) is 0 Å². The van der Waals surface area contributed by atoms with Gasteiger partial charge in [-0.2, -0.15) is 5.26 Å². The van der Waals surface area contributed by atoms with Crippen LogP contribution in [0.15, 0.2) is 53.4 Å². The number of benzene rings is 2. The molecular weight excluding hydrogens is 374 g/mol. The SMILES string of the molecule is CC(C#N)CSc1ccccc1NC(=O)Nc1cccc(-c2nnnn2C)c1. The number of aryl methyl sites for hydroxylation is 1. The molecule has 0 saturated carbocycles. The molecule has 0 bridgehead atoms. The highest BCUT2D eigenvalue weighted by atomic mass is 32.2. The molecule has 1 unspecified atom stereocenters. The maximum absolute atomic E-state index is 12.5. The summed E-state index contributed by atoms with van der Waals surface area (Å²) >= 11 is 1.54. The fourth-order valence-electron chi connectivity index (χ4n) is 2.44. The Balaban J connectivity index is 1.68. The Morgan fingerprint density at radius 3 is 2.82 bits per heavy atom. The first-order valence-corrected chi connectivity index (χ1v) is 9.57. The number of aromatic nitrogens is 4. The number of nitriles is 1. The van der Waals surface area contributed by atoms with E-state index >= 15 is 0 Å². The van der Waals surface area contributed by atoms with Gasteiger partial charge < -0.3 is 10.6 Å². The van der Waals surface area contributed by atoms with E-state index in [1.165, 1.54) is 0 Å². The van der Waals surface area contributed by atoms with Crippen LogP contribution >= 0.6 is 11.8 Å². The van der Waals surface area contributed by atoms with E-state index in [0.29, 0.717) is 23.0 Å². The van der Waals surface area contributed by atoms with E-state index in [1.807, 2.05) is 43.3 Å². The van der Waals surface area contributed by atoms with Crippen LogP contribution < -0.4 is 10.6 Å². The lowest BCUT2D eigenvalue weighted by atomic mass is 10.2. The van der Waals surface area contributed by atoms with E-state index in [4.69, 9.17) is 5.26 Å². The van der Waals surface area contributed by atoms with Crippen LogP contribution in [0, 0.1) is 17.2 Å². The predicted octanol–water partition coefficient (Wildman–Crippen LogP) is 3.77. The van der Waals surface area contributed by atoms with E-state index in [9.17, 15) is 4.79 Å². The summed E-state index contributed by atoms with van der Waals surface area (Å²) < 4.78 is 1.56. The van der Waals surface area contributed by atoms with Gasteiger partial charge in [-0.05, 0) is 41.6 Å². The minimum absolute atomic E-state index is 0.0651. The number of tetrazole rings is 1. The fourth-order valence-corrected chi connectivity index (χ4v) is 3.40. The van der Waals surface area contributed by atoms with E-state index < -0.39 is 0 Å². The first kappa shape index (κ1) is 19.4. The second-order valence-electron chi connectivity index (χ2n) is 6.12. The molecule has 0 radical (unpaired) electrons. The van der Waals surface area contributed by atoms with Gasteiger partial charge in [0.1, 0.15) is 0 Å². The maximum Gasteiger partial charge on any atom is 0.323 e. The van der Waals surface area contributed by atoms with Gasteiger partial charge in [0.2, 0.25) is 0 Å². The number of nitrogens with one attached hydrogen (secondary N) is 2. The van der Waals surface area contributed by atoms with Gasteiger partial charge in [0, 0.05) is 28.9 Å². The zero-order valence-electron chi connectivity index (χ0n) is 15.5. The van der Waals surface area contributed by atoms with Crippen LogP contribution in [0.3, 0.4) is 0 Å². The lowest BCUT2D eigenvalue weighted by molar-refractivity contribution is 0.262. The molecule has 0 fully saturated rings. The molecule has 1 atom stereocenters. The van der Waals surface area contributed by atoms with Gasteiger partial charge in [0.15, 0.2) is 5.82 Å². The van der Waals surface area contributed by atoms with Gasteiger partial charge in [-0.25, -0.2) is 9.48 Å². The third-order valence-corrected chi connectivity index (χ3v) is 5.18. The molecule has 142 valence electrons. The van der Waals surface area contributed by atoms with Crippen LogP contribution in [0.25, 0.3) is 11.4 Å². The molecule has 0 spiro atoms. The second kappa shape index (κ2) is 9.01. The van der Waals surface area contributed by atoms with Crippen LogP contribution in [-0.2, 0) is 7.05 Å². The number of hydrogen-bond acceptors (Lipinski definition) is 6. The summed E-state index contributed by atoms with van der Waals surface area (Å²) in [7, 11) is 1.75.